The molecule has 3 heteroatoms. The van der Waals surface area contributed by atoms with E-state index in [0.29, 0.717) is 6.04 Å². The molecule has 0 aliphatic carbocycles. The van der Waals surface area contributed by atoms with Gasteiger partial charge in [-0.3, -0.25) is 4.98 Å². The summed E-state index contributed by atoms with van der Waals surface area (Å²) < 4.78 is 0. The smallest absolute Gasteiger partial charge is 0.0722 e. The summed E-state index contributed by atoms with van der Waals surface area (Å²) in [6.45, 7) is 4.41. The van der Waals surface area contributed by atoms with Crippen molar-refractivity contribution >= 4 is 27.9 Å². The van der Waals surface area contributed by atoms with Crippen LogP contribution in [-0.4, -0.2) is 4.98 Å². The number of benzene rings is 1. The molecule has 1 N–H and O–H groups in total. The maximum absolute atomic E-state index is 4.40. The van der Waals surface area contributed by atoms with E-state index in [1.807, 2.05) is 29.7 Å². The van der Waals surface area contributed by atoms with Crippen LogP contribution in [0.15, 0.2) is 48.7 Å². The topological polar surface area (TPSA) is 24.9 Å². The lowest BCUT2D eigenvalue weighted by Crippen LogP contribution is -2.05. The molecule has 3 rings (SSSR count). The SMILES string of the molecule is CCc1ccc(C(C)Nc2cccc3ncccc23)s1. The lowest BCUT2D eigenvalue weighted by Gasteiger charge is -2.15. The van der Waals surface area contributed by atoms with Gasteiger partial charge in [0.1, 0.15) is 0 Å². The summed E-state index contributed by atoms with van der Waals surface area (Å²) in [5, 5.41) is 4.78. The molecule has 0 fully saturated rings. The van der Waals surface area contributed by atoms with Crippen LogP contribution in [0.5, 0.6) is 0 Å². The summed E-state index contributed by atoms with van der Waals surface area (Å²) in [5.74, 6) is 0. The molecule has 2 aromatic heterocycles. The van der Waals surface area contributed by atoms with Gasteiger partial charge in [0.05, 0.1) is 11.6 Å². The van der Waals surface area contributed by atoms with Crippen LogP contribution in [0.25, 0.3) is 10.9 Å². The molecule has 1 atom stereocenters. The highest BCUT2D eigenvalue weighted by Crippen LogP contribution is 2.29. The van der Waals surface area contributed by atoms with Crippen molar-refractivity contribution in [3.63, 3.8) is 0 Å². The van der Waals surface area contributed by atoms with Gasteiger partial charge in [0, 0.05) is 27.0 Å². The molecule has 2 nitrogen and oxygen atoms in total. The van der Waals surface area contributed by atoms with Gasteiger partial charge in [-0.1, -0.05) is 13.0 Å². The minimum atomic E-state index is 0.311. The lowest BCUT2D eigenvalue weighted by atomic mass is 10.1. The predicted octanol–water partition coefficient (Wildman–Crippen LogP) is 5.03. The zero-order valence-electron chi connectivity index (χ0n) is 11.8. The normalized spacial score (nSPS) is 12.5. The number of hydrogen-bond acceptors (Lipinski definition) is 3. The van der Waals surface area contributed by atoms with E-state index in [9.17, 15) is 0 Å². The molecule has 102 valence electrons. The quantitative estimate of drug-likeness (QED) is 0.725. The second kappa shape index (κ2) is 5.63. The van der Waals surface area contributed by atoms with Gasteiger partial charge in [-0.05, 0) is 49.7 Å². The Morgan fingerprint density at radius 1 is 1.15 bits per heavy atom. The van der Waals surface area contributed by atoms with Crippen molar-refractivity contribution in [1.29, 1.82) is 0 Å². The Morgan fingerprint density at radius 3 is 2.85 bits per heavy atom. The second-order valence-corrected chi connectivity index (χ2v) is 6.10. The van der Waals surface area contributed by atoms with Crippen LogP contribution < -0.4 is 5.32 Å². The Bertz CT molecular complexity index is 712. The number of nitrogens with zero attached hydrogens (tertiary/aromatic N) is 1. The zero-order valence-corrected chi connectivity index (χ0v) is 12.6. The van der Waals surface area contributed by atoms with E-state index >= 15 is 0 Å². The number of hydrogen-bond donors (Lipinski definition) is 1. The molecule has 0 radical (unpaired) electrons. The van der Waals surface area contributed by atoms with Gasteiger partial charge < -0.3 is 5.32 Å². The Morgan fingerprint density at radius 2 is 2.05 bits per heavy atom. The summed E-state index contributed by atoms with van der Waals surface area (Å²) >= 11 is 1.89. The highest BCUT2D eigenvalue weighted by atomic mass is 32.1. The van der Waals surface area contributed by atoms with E-state index in [2.05, 4.69) is 54.5 Å². The van der Waals surface area contributed by atoms with Crippen molar-refractivity contribution in [2.45, 2.75) is 26.3 Å². The lowest BCUT2D eigenvalue weighted by molar-refractivity contribution is 0.910. The average molecular weight is 282 g/mol. The van der Waals surface area contributed by atoms with Crippen LogP contribution in [0.1, 0.15) is 29.6 Å². The van der Waals surface area contributed by atoms with Gasteiger partial charge in [-0.15, -0.1) is 11.3 Å². The molecular weight excluding hydrogens is 264 g/mol. The maximum atomic E-state index is 4.40. The van der Waals surface area contributed by atoms with Crippen molar-refractivity contribution < 1.29 is 0 Å². The molecule has 0 amide bonds. The third-order valence-corrected chi connectivity index (χ3v) is 4.89. The van der Waals surface area contributed by atoms with Gasteiger partial charge >= 0.3 is 0 Å². The van der Waals surface area contributed by atoms with Crippen LogP contribution in [0.3, 0.4) is 0 Å². The van der Waals surface area contributed by atoms with Crippen molar-refractivity contribution in [2.24, 2.45) is 0 Å². The van der Waals surface area contributed by atoms with Gasteiger partial charge in [-0.2, -0.15) is 0 Å². The van der Waals surface area contributed by atoms with Crippen LogP contribution in [0, 0.1) is 0 Å². The van der Waals surface area contributed by atoms with E-state index in [4.69, 9.17) is 0 Å². The van der Waals surface area contributed by atoms with E-state index in [0.717, 1.165) is 17.6 Å². The van der Waals surface area contributed by atoms with Gasteiger partial charge in [0.15, 0.2) is 0 Å². The summed E-state index contributed by atoms with van der Waals surface area (Å²) in [6, 6.07) is 15.1. The fraction of sp³-hybridized carbons (Fsp3) is 0.235. The summed E-state index contributed by atoms with van der Waals surface area (Å²) in [6.07, 6.45) is 2.94. The van der Waals surface area contributed by atoms with Crippen LogP contribution in [0.4, 0.5) is 5.69 Å². The van der Waals surface area contributed by atoms with Crippen molar-refractivity contribution in [3.05, 3.63) is 58.4 Å². The van der Waals surface area contributed by atoms with E-state index in [-0.39, 0.29) is 0 Å². The number of pyridine rings is 1. The Balaban J connectivity index is 1.89. The summed E-state index contributed by atoms with van der Waals surface area (Å²) in [5.41, 5.74) is 2.18. The molecule has 0 bridgehead atoms. The molecule has 0 saturated carbocycles. The minimum Gasteiger partial charge on any atom is -0.377 e. The monoisotopic (exact) mass is 282 g/mol. The molecule has 1 aromatic carbocycles. The molecule has 2 heterocycles. The van der Waals surface area contributed by atoms with E-state index in [1.165, 1.54) is 15.1 Å². The highest BCUT2D eigenvalue weighted by molar-refractivity contribution is 7.12. The first-order valence-electron chi connectivity index (χ1n) is 6.97. The Kier molecular flexibility index (Phi) is 3.70. The number of rotatable bonds is 4. The van der Waals surface area contributed by atoms with Crippen LogP contribution in [-0.2, 0) is 6.42 Å². The first-order chi connectivity index (χ1) is 9.78. The van der Waals surface area contributed by atoms with Gasteiger partial charge in [-0.25, -0.2) is 0 Å². The molecule has 0 saturated heterocycles. The molecular formula is C17H18N2S. The molecule has 20 heavy (non-hydrogen) atoms. The number of nitrogens with one attached hydrogen (secondary N) is 1. The molecule has 0 aliphatic rings. The number of fused-ring (bicyclic) bond motifs is 1. The molecule has 0 aliphatic heterocycles. The number of thiophene rings is 1. The standard InChI is InChI=1S/C17H18N2S/c1-3-13-9-10-17(20-13)12(2)19-16-8-4-7-15-14(16)6-5-11-18-15/h4-12,19H,3H2,1-2H3. The second-order valence-electron chi connectivity index (χ2n) is 4.90. The number of aromatic nitrogens is 1. The Hall–Kier alpha value is -1.87. The van der Waals surface area contributed by atoms with Crippen molar-refractivity contribution in [1.82, 2.24) is 4.98 Å². The fourth-order valence-corrected chi connectivity index (χ4v) is 3.31. The zero-order chi connectivity index (χ0) is 13.9. The van der Waals surface area contributed by atoms with Gasteiger partial charge in [0.2, 0.25) is 0 Å². The molecule has 1 unspecified atom stereocenters. The first-order valence-corrected chi connectivity index (χ1v) is 7.78. The van der Waals surface area contributed by atoms with E-state index in [1.54, 1.807) is 0 Å². The predicted molar refractivity (Wildman–Crippen MR) is 87.5 cm³/mol. The summed E-state index contributed by atoms with van der Waals surface area (Å²) in [4.78, 5) is 7.22. The number of aryl methyl sites for hydroxylation is 1. The highest BCUT2D eigenvalue weighted by Gasteiger charge is 2.10. The Labute approximate surface area is 123 Å². The minimum absolute atomic E-state index is 0.311. The van der Waals surface area contributed by atoms with E-state index < -0.39 is 0 Å². The third kappa shape index (κ3) is 2.54. The van der Waals surface area contributed by atoms with Gasteiger partial charge in [0.25, 0.3) is 0 Å². The maximum Gasteiger partial charge on any atom is 0.0722 e. The first kappa shape index (κ1) is 13.1. The average Bonchev–Trinajstić information content (AvgIpc) is 2.97. The number of anilines is 1. The third-order valence-electron chi connectivity index (χ3n) is 3.48. The molecule has 0 spiro atoms. The van der Waals surface area contributed by atoms with Crippen molar-refractivity contribution in [3.8, 4) is 0 Å². The molecule has 3 aromatic rings. The van der Waals surface area contributed by atoms with Crippen molar-refractivity contribution in [2.75, 3.05) is 5.32 Å². The van der Waals surface area contributed by atoms with Crippen LogP contribution >= 0.6 is 11.3 Å². The fourth-order valence-electron chi connectivity index (χ4n) is 2.35. The summed E-state index contributed by atoms with van der Waals surface area (Å²) in [7, 11) is 0. The largest absolute Gasteiger partial charge is 0.377 e. The van der Waals surface area contributed by atoms with Crippen LogP contribution in [0.2, 0.25) is 0 Å².